The Bertz CT molecular complexity index is 704. The fraction of sp³-hybridized carbons (Fsp3) is 0.632. The van der Waals surface area contributed by atoms with Gasteiger partial charge in [-0.3, -0.25) is 0 Å². The van der Waals surface area contributed by atoms with Gasteiger partial charge >= 0.3 is 6.09 Å². The molecule has 0 bridgehead atoms. The summed E-state index contributed by atoms with van der Waals surface area (Å²) in [6.07, 6.45) is 3.02. The fourth-order valence-electron chi connectivity index (χ4n) is 2.95. The summed E-state index contributed by atoms with van der Waals surface area (Å²) < 4.78 is 10.7. The van der Waals surface area contributed by atoms with Crippen molar-refractivity contribution in [2.24, 2.45) is 0 Å². The largest absolute Gasteiger partial charge is 0.477 e. The van der Waals surface area contributed by atoms with Crippen LogP contribution in [0.1, 0.15) is 58.9 Å². The number of carbonyl (C=O) groups excluding carboxylic acids is 1. The predicted octanol–water partition coefficient (Wildman–Crippen LogP) is 4.25. The van der Waals surface area contributed by atoms with Crippen molar-refractivity contribution in [1.29, 1.82) is 5.26 Å². The Hall–Kier alpha value is -2.20. The summed E-state index contributed by atoms with van der Waals surface area (Å²) >= 11 is 6.25. The molecule has 1 aliphatic carbocycles. The molecule has 1 fully saturated rings. The maximum atomic E-state index is 11.9. The van der Waals surface area contributed by atoms with Gasteiger partial charge in [-0.2, -0.15) is 10.2 Å². The van der Waals surface area contributed by atoms with Crippen LogP contribution in [0.15, 0.2) is 6.07 Å². The number of nitrogens with one attached hydrogen (secondary N) is 2. The molecule has 1 heterocycles. The number of ether oxygens (including phenoxy) is 2. The number of hydrogen-bond acceptors (Lipinski definition) is 6. The molecule has 0 atom stereocenters. The van der Waals surface area contributed by atoms with E-state index >= 15 is 0 Å². The minimum Gasteiger partial charge on any atom is -0.477 e. The number of hydrogen-bond donors (Lipinski definition) is 2. The van der Waals surface area contributed by atoms with Crippen molar-refractivity contribution >= 4 is 23.5 Å². The third-order valence-corrected chi connectivity index (χ3v) is 4.42. The highest BCUT2D eigenvalue weighted by atomic mass is 35.5. The SMILES string of the molecule is CCOc1nc(NC2CCC(NC(=O)OC(C)(C)C)CC2)c(Cl)cc1C#N. The Labute approximate surface area is 165 Å². The van der Waals surface area contributed by atoms with Crippen molar-refractivity contribution in [2.45, 2.75) is 71.1 Å². The van der Waals surface area contributed by atoms with E-state index in [4.69, 9.17) is 26.3 Å². The van der Waals surface area contributed by atoms with Gasteiger partial charge in [0.15, 0.2) is 0 Å². The molecule has 0 saturated heterocycles. The maximum absolute atomic E-state index is 11.9. The van der Waals surface area contributed by atoms with Crippen molar-refractivity contribution < 1.29 is 14.3 Å². The summed E-state index contributed by atoms with van der Waals surface area (Å²) in [7, 11) is 0. The minimum absolute atomic E-state index is 0.0984. The Kier molecular flexibility index (Phi) is 7.14. The summed E-state index contributed by atoms with van der Waals surface area (Å²) in [6.45, 7) is 7.79. The number of halogens is 1. The number of rotatable bonds is 5. The molecule has 1 aromatic rings. The van der Waals surface area contributed by atoms with E-state index in [1.165, 1.54) is 0 Å². The molecule has 27 heavy (non-hydrogen) atoms. The Morgan fingerprint density at radius 2 is 1.96 bits per heavy atom. The quantitative estimate of drug-likeness (QED) is 0.774. The number of nitrogens with zero attached hydrogens (tertiary/aromatic N) is 2. The lowest BCUT2D eigenvalue weighted by atomic mass is 9.91. The van der Waals surface area contributed by atoms with E-state index in [9.17, 15) is 4.79 Å². The average molecular weight is 395 g/mol. The molecular weight excluding hydrogens is 368 g/mol. The van der Waals surface area contributed by atoms with Crippen LogP contribution in [0.25, 0.3) is 0 Å². The van der Waals surface area contributed by atoms with Crippen molar-refractivity contribution in [3.8, 4) is 11.9 Å². The van der Waals surface area contributed by atoms with Gasteiger partial charge in [-0.15, -0.1) is 0 Å². The van der Waals surface area contributed by atoms with Crippen LogP contribution in [0.4, 0.5) is 10.6 Å². The average Bonchev–Trinajstić information content (AvgIpc) is 2.57. The Morgan fingerprint density at radius 3 is 2.52 bits per heavy atom. The van der Waals surface area contributed by atoms with Crippen LogP contribution in [0, 0.1) is 11.3 Å². The molecule has 1 saturated carbocycles. The lowest BCUT2D eigenvalue weighted by molar-refractivity contribution is 0.0492. The van der Waals surface area contributed by atoms with Gasteiger partial charge in [-0.05, 0) is 59.4 Å². The van der Waals surface area contributed by atoms with E-state index in [2.05, 4.69) is 15.6 Å². The number of nitriles is 1. The zero-order valence-electron chi connectivity index (χ0n) is 16.3. The number of anilines is 1. The first-order valence-corrected chi connectivity index (χ1v) is 9.59. The third kappa shape index (κ3) is 6.47. The van der Waals surface area contributed by atoms with Crippen molar-refractivity contribution in [1.82, 2.24) is 10.3 Å². The molecular formula is C19H27ClN4O3. The third-order valence-electron chi connectivity index (χ3n) is 4.13. The summed E-state index contributed by atoms with van der Waals surface area (Å²) in [4.78, 5) is 16.2. The van der Waals surface area contributed by atoms with Crippen molar-refractivity contribution in [3.05, 3.63) is 16.7 Å². The fourth-order valence-corrected chi connectivity index (χ4v) is 3.16. The van der Waals surface area contributed by atoms with Gasteiger partial charge < -0.3 is 20.1 Å². The summed E-state index contributed by atoms with van der Waals surface area (Å²) in [6, 6.07) is 3.89. The first kappa shape index (κ1) is 21.1. The van der Waals surface area contributed by atoms with Crippen LogP contribution in [0.3, 0.4) is 0 Å². The minimum atomic E-state index is -0.501. The van der Waals surface area contributed by atoms with Gasteiger partial charge in [0.25, 0.3) is 0 Å². The van der Waals surface area contributed by atoms with E-state index in [-0.39, 0.29) is 24.1 Å². The van der Waals surface area contributed by atoms with Crippen molar-refractivity contribution in [3.63, 3.8) is 0 Å². The van der Waals surface area contributed by atoms with Crippen LogP contribution in [0.2, 0.25) is 5.02 Å². The summed E-state index contributed by atoms with van der Waals surface area (Å²) in [5, 5.41) is 15.8. The van der Waals surface area contributed by atoms with Gasteiger partial charge in [-0.1, -0.05) is 11.6 Å². The van der Waals surface area contributed by atoms with E-state index < -0.39 is 5.60 Å². The van der Waals surface area contributed by atoms with Crippen LogP contribution >= 0.6 is 11.6 Å². The first-order valence-electron chi connectivity index (χ1n) is 9.21. The zero-order valence-corrected chi connectivity index (χ0v) is 17.0. The van der Waals surface area contributed by atoms with E-state index in [1.54, 1.807) is 6.07 Å². The van der Waals surface area contributed by atoms with Crippen LogP contribution in [-0.4, -0.2) is 35.4 Å². The number of carbonyl (C=O) groups is 1. The van der Waals surface area contributed by atoms with Gasteiger partial charge in [-0.25, -0.2) is 4.79 Å². The van der Waals surface area contributed by atoms with Crippen LogP contribution in [-0.2, 0) is 4.74 Å². The second-order valence-electron chi connectivity index (χ2n) is 7.56. The molecule has 2 N–H and O–H groups in total. The molecule has 0 unspecified atom stereocenters. The lowest BCUT2D eigenvalue weighted by Gasteiger charge is -2.31. The second-order valence-corrected chi connectivity index (χ2v) is 7.96. The first-order chi connectivity index (χ1) is 12.7. The van der Waals surface area contributed by atoms with Crippen molar-refractivity contribution in [2.75, 3.05) is 11.9 Å². The van der Waals surface area contributed by atoms with E-state index in [0.29, 0.717) is 23.0 Å². The predicted molar refractivity (Wildman–Crippen MR) is 104 cm³/mol. The highest BCUT2D eigenvalue weighted by Gasteiger charge is 2.25. The number of amides is 1. The van der Waals surface area contributed by atoms with E-state index in [0.717, 1.165) is 25.7 Å². The monoisotopic (exact) mass is 394 g/mol. The molecule has 7 nitrogen and oxygen atoms in total. The molecule has 2 rings (SSSR count). The van der Waals surface area contributed by atoms with E-state index in [1.807, 2.05) is 33.8 Å². The number of alkyl carbamates (subject to hydrolysis) is 1. The molecule has 0 aliphatic heterocycles. The molecule has 1 amide bonds. The van der Waals surface area contributed by atoms with Gasteiger partial charge in [0.05, 0.1) is 11.6 Å². The molecule has 0 aromatic carbocycles. The van der Waals surface area contributed by atoms with Gasteiger partial charge in [0.2, 0.25) is 5.88 Å². The molecule has 0 spiro atoms. The van der Waals surface area contributed by atoms with Gasteiger partial charge in [0, 0.05) is 12.1 Å². The Morgan fingerprint density at radius 1 is 1.33 bits per heavy atom. The Balaban J connectivity index is 1.91. The highest BCUT2D eigenvalue weighted by Crippen LogP contribution is 2.30. The number of aromatic nitrogens is 1. The van der Waals surface area contributed by atoms with Crippen LogP contribution < -0.4 is 15.4 Å². The smallest absolute Gasteiger partial charge is 0.407 e. The topological polar surface area (TPSA) is 96.3 Å². The maximum Gasteiger partial charge on any atom is 0.407 e. The zero-order chi connectivity index (χ0) is 20.0. The normalized spacial score (nSPS) is 19.7. The molecule has 0 radical (unpaired) electrons. The molecule has 8 heteroatoms. The summed E-state index contributed by atoms with van der Waals surface area (Å²) in [5.74, 6) is 0.801. The van der Waals surface area contributed by atoms with Gasteiger partial charge in [0.1, 0.15) is 23.1 Å². The standard InChI is InChI=1S/C19H27ClN4O3/c1-5-26-17-12(11-21)10-15(20)16(24-17)22-13-6-8-14(9-7-13)23-18(25)27-19(2,3)4/h10,13-14H,5-9H2,1-4H3,(H,22,24)(H,23,25). The lowest BCUT2D eigenvalue weighted by Crippen LogP contribution is -2.42. The summed E-state index contributed by atoms with van der Waals surface area (Å²) in [5.41, 5.74) is -0.184. The molecule has 148 valence electrons. The highest BCUT2D eigenvalue weighted by molar-refractivity contribution is 6.33. The number of pyridine rings is 1. The molecule has 1 aromatic heterocycles. The van der Waals surface area contributed by atoms with Crippen LogP contribution in [0.5, 0.6) is 5.88 Å². The molecule has 1 aliphatic rings. The second kappa shape index (κ2) is 9.14.